The third-order valence-electron chi connectivity index (χ3n) is 6.63. The molecule has 2 aromatic carbocycles. The normalized spacial score (nSPS) is 19.1. The molecular formula is C27H21N3O4. The summed E-state index contributed by atoms with van der Waals surface area (Å²) in [5, 5.41) is 3.27. The second-order valence-electron chi connectivity index (χ2n) is 8.95. The van der Waals surface area contributed by atoms with Crippen LogP contribution in [0.25, 0.3) is 16.5 Å². The van der Waals surface area contributed by atoms with Crippen LogP contribution in [0.4, 0.5) is 5.69 Å². The lowest BCUT2D eigenvalue weighted by atomic mass is 9.92. The molecule has 0 radical (unpaired) electrons. The van der Waals surface area contributed by atoms with Gasteiger partial charge >= 0.3 is 0 Å². The Morgan fingerprint density at radius 2 is 1.82 bits per heavy atom. The van der Waals surface area contributed by atoms with Crippen LogP contribution in [0.2, 0.25) is 0 Å². The number of imide groups is 1. The van der Waals surface area contributed by atoms with E-state index in [1.54, 1.807) is 24.7 Å². The summed E-state index contributed by atoms with van der Waals surface area (Å²) in [6.45, 7) is 3.80. The van der Waals surface area contributed by atoms with E-state index < -0.39 is 11.8 Å². The van der Waals surface area contributed by atoms with Crippen molar-refractivity contribution in [1.29, 1.82) is 0 Å². The fourth-order valence-electron chi connectivity index (χ4n) is 5.09. The molecule has 7 heteroatoms. The third-order valence-corrected chi connectivity index (χ3v) is 6.63. The quantitative estimate of drug-likeness (QED) is 0.610. The van der Waals surface area contributed by atoms with Crippen molar-refractivity contribution < 1.29 is 18.8 Å². The van der Waals surface area contributed by atoms with Crippen LogP contribution >= 0.6 is 0 Å². The molecule has 0 fully saturated rings. The predicted molar refractivity (Wildman–Crippen MR) is 128 cm³/mol. The molecule has 7 nitrogen and oxygen atoms in total. The molecule has 1 unspecified atom stereocenters. The highest BCUT2D eigenvalue weighted by Gasteiger charge is 2.41. The van der Waals surface area contributed by atoms with Gasteiger partial charge in [0.15, 0.2) is 5.78 Å². The minimum absolute atomic E-state index is 0.110. The van der Waals surface area contributed by atoms with E-state index in [9.17, 15) is 14.4 Å². The summed E-state index contributed by atoms with van der Waals surface area (Å²) in [5.74, 6) is -0.957. The van der Waals surface area contributed by atoms with Crippen LogP contribution in [0, 0.1) is 5.92 Å². The van der Waals surface area contributed by atoms with E-state index in [1.807, 2.05) is 55.1 Å². The number of rotatable bonds is 4. The molecule has 0 spiro atoms. The zero-order chi connectivity index (χ0) is 23.6. The Morgan fingerprint density at radius 3 is 2.65 bits per heavy atom. The van der Waals surface area contributed by atoms with Crippen LogP contribution in [-0.4, -0.2) is 29.4 Å². The Kier molecular flexibility index (Phi) is 4.42. The lowest BCUT2D eigenvalue weighted by Gasteiger charge is -2.24. The monoisotopic (exact) mass is 451 g/mol. The number of fused-ring (bicyclic) bond motifs is 1. The standard InChI is InChI=1S/C27H21N3O4/c1-14(2)24(31)19-13-16-6-4-8-18-22(28-10-11-30(19)23(16)18)21-20(26(32)29-27(21)33)17-7-3-5-15-9-12-34-25(15)17/h3-12,14,19H,13H2,1-2H3,(H,29,32,33). The Balaban J connectivity index is 1.57. The minimum atomic E-state index is -0.505. The molecule has 0 bridgehead atoms. The first-order valence-electron chi connectivity index (χ1n) is 11.2. The maximum atomic E-state index is 13.1. The number of nitrogens with one attached hydrogen (secondary N) is 1. The molecule has 3 aliphatic rings. The van der Waals surface area contributed by atoms with E-state index in [2.05, 4.69) is 10.3 Å². The fourth-order valence-corrected chi connectivity index (χ4v) is 5.09. The molecule has 0 saturated heterocycles. The van der Waals surface area contributed by atoms with Gasteiger partial charge in [-0.15, -0.1) is 0 Å². The van der Waals surface area contributed by atoms with Crippen LogP contribution in [0.5, 0.6) is 0 Å². The number of anilines is 1. The first kappa shape index (κ1) is 20.4. The van der Waals surface area contributed by atoms with Crippen molar-refractivity contribution in [1.82, 2.24) is 5.32 Å². The number of hydrogen-bond acceptors (Lipinski definition) is 6. The smallest absolute Gasteiger partial charge is 0.261 e. The van der Waals surface area contributed by atoms with Gasteiger partial charge in [0.25, 0.3) is 11.8 Å². The molecule has 6 rings (SSSR count). The van der Waals surface area contributed by atoms with E-state index in [0.717, 1.165) is 16.6 Å². The average molecular weight is 451 g/mol. The first-order valence-corrected chi connectivity index (χ1v) is 11.2. The van der Waals surface area contributed by atoms with Gasteiger partial charge in [-0.25, -0.2) is 0 Å². The Morgan fingerprint density at radius 1 is 1.06 bits per heavy atom. The second-order valence-corrected chi connectivity index (χ2v) is 8.95. The zero-order valence-electron chi connectivity index (χ0n) is 18.7. The van der Waals surface area contributed by atoms with E-state index in [4.69, 9.17) is 4.42 Å². The average Bonchev–Trinajstić information content (AvgIpc) is 3.47. The highest BCUT2D eigenvalue weighted by molar-refractivity contribution is 6.48. The van der Waals surface area contributed by atoms with Crippen LogP contribution < -0.4 is 10.2 Å². The minimum Gasteiger partial charge on any atom is -0.464 e. The molecule has 34 heavy (non-hydrogen) atoms. The number of furan rings is 1. The highest BCUT2D eigenvalue weighted by Crippen LogP contribution is 2.41. The number of para-hydroxylation sites is 2. The summed E-state index contributed by atoms with van der Waals surface area (Å²) in [6, 6.07) is 12.7. The van der Waals surface area contributed by atoms with Crippen molar-refractivity contribution in [3.63, 3.8) is 0 Å². The number of carbonyl (C=O) groups is 3. The van der Waals surface area contributed by atoms with Crippen LogP contribution in [0.1, 0.15) is 30.5 Å². The van der Waals surface area contributed by atoms with E-state index in [0.29, 0.717) is 28.8 Å². The summed E-state index contributed by atoms with van der Waals surface area (Å²) < 4.78 is 5.66. The number of hydrogen-bond donors (Lipinski definition) is 1. The summed E-state index contributed by atoms with van der Waals surface area (Å²) >= 11 is 0. The van der Waals surface area contributed by atoms with Crippen molar-refractivity contribution in [3.8, 4) is 0 Å². The van der Waals surface area contributed by atoms with Gasteiger partial charge in [0.1, 0.15) is 5.58 Å². The van der Waals surface area contributed by atoms with E-state index >= 15 is 0 Å². The van der Waals surface area contributed by atoms with Crippen molar-refractivity contribution >= 4 is 45.5 Å². The van der Waals surface area contributed by atoms with Gasteiger partial charge in [0.05, 0.1) is 34.9 Å². The number of benzene rings is 2. The zero-order valence-corrected chi connectivity index (χ0v) is 18.7. The lowest BCUT2D eigenvalue weighted by molar-refractivity contribution is -0.124. The predicted octanol–water partition coefficient (Wildman–Crippen LogP) is 3.77. The molecule has 3 aliphatic heterocycles. The largest absolute Gasteiger partial charge is 0.464 e. The molecule has 1 atom stereocenters. The number of nitrogens with zero attached hydrogens (tertiary/aromatic N) is 2. The number of amides is 2. The fraction of sp³-hybridized carbons (Fsp3) is 0.185. The summed E-state index contributed by atoms with van der Waals surface area (Å²) in [5.41, 5.74) is 4.48. The molecule has 0 aliphatic carbocycles. The molecule has 0 saturated carbocycles. The third kappa shape index (κ3) is 2.83. The topological polar surface area (TPSA) is 92.0 Å². The first-order chi connectivity index (χ1) is 16.5. The van der Waals surface area contributed by atoms with Crippen LogP contribution in [-0.2, 0) is 20.8 Å². The molecule has 3 aromatic rings. The summed E-state index contributed by atoms with van der Waals surface area (Å²) in [4.78, 5) is 45.6. The van der Waals surface area contributed by atoms with Crippen LogP contribution in [0.3, 0.4) is 0 Å². The molecule has 2 amide bonds. The maximum absolute atomic E-state index is 13.1. The van der Waals surface area contributed by atoms with E-state index in [-0.39, 0.29) is 28.9 Å². The van der Waals surface area contributed by atoms with Crippen molar-refractivity contribution in [2.45, 2.75) is 26.3 Å². The van der Waals surface area contributed by atoms with Crippen molar-refractivity contribution in [2.24, 2.45) is 10.9 Å². The summed E-state index contributed by atoms with van der Waals surface area (Å²) in [7, 11) is 0. The van der Waals surface area contributed by atoms with Gasteiger partial charge in [0, 0.05) is 41.3 Å². The van der Waals surface area contributed by atoms with Gasteiger partial charge in [-0.3, -0.25) is 24.7 Å². The summed E-state index contributed by atoms with van der Waals surface area (Å²) in [6.07, 6.45) is 5.53. The number of aliphatic imine (C=N–C) groups is 1. The Labute approximate surface area is 195 Å². The Hall–Kier alpha value is -4.26. The number of Topliss-reactive ketones (excluding diaryl/α,β-unsaturated/α-hetero) is 1. The molecule has 168 valence electrons. The Bertz CT molecular complexity index is 1510. The highest BCUT2D eigenvalue weighted by atomic mass is 16.3. The lowest BCUT2D eigenvalue weighted by Crippen LogP contribution is -2.37. The van der Waals surface area contributed by atoms with Crippen molar-refractivity contribution in [2.75, 3.05) is 4.90 Å². The second kappa shape index (κ2) is 7.38. The molecular weight excluding hydrogens is 430 g/mol. The number of ketones is 1. The van der Waals surface area contributed by atoms with Gasteiger partial charge in [0.2, 0.25) is 0 Å². The van der Waals surface area contributed by atoms with Crippen LogP contribution in [0.15, 0.2) is 76.1 Å². The maximum Gasteiger partial charge on any atom is 0.261 e. The van der Waals surface area contributed by atoms with Gasteiger partial charge in [-0.2, -0.15) is 0 Å². The van der Waals surface area contributed by atoms with Crippen molar-refractivity contribution in [3.05, 3.63) is 83.4 Å². The SMILES string of the molecule is CC(C)C(=O)C1Cc2cccc3c2N1C=CN=C3C1=C(c2cccc3ccoc23)C(=O)NC1=O. The molecule has 1 aromatic heterocycles. The molecule has 1 N–H and O–H groups in total. The number of carbonyl (C=O) groups excluding carboxylic acids is 3. The van der Waals surface area contributed by atoms with Gasteiger partial charge in [-0.1, -0.05) is 50.2 Å². The molecule has 4 heterocycles. The van der Waals surface area contributed by atoms with E-state index in [1.165, 1.54) is 0 Å². The van der Waals surface area contributed by atoms with Gasteiger partial charge in [-0.05, 0) is 11.6 Å². The van der Waals surface area contributed by atoms with Gasteiger partial charge < -0.3 is 9.32 Å².